The number of carbonyl (C=O) groups is 2. The maximum absolute atomic E-state index is 12.4. The van der Waals surface area contributed by atoms with E-state index in [9.17, 15) is 18.0 Å². The summed E-state index contributed by atoms with van der Waals surface area (Å²) in [6.07, 6.45) is 0.268. The molecule has 0 bridgehead atoms. The molecule has 0 aromatic heterocycles. The number of carbonyl (C=O) groups excluding carboxylic acids is 2. The molecule has 0 fully saturated rings. The van der Waals surface area contributed by atoms with Crippen molar-refractivity contribution in [3.05, 3.63) is 53.6 Å². The fourth-order valence-electron chi connectivity index (χ4n) is 2.64. The van der Waals surface area contributed by atoms with Gasteiger partial charge in [-0.05, 0) is 50.1 Å². The van der Waals surface area contributed by atoms with E-state index in [2.05, 4.69) is 5.32 Å². The Hall–Kier alpha value is -2.87. The lowest BCUT2D eigenvalue weighted by atomic mass is 10.1. The Kier molecular flexibility index (Phi) is 7.57. The fraction of sp³-hybridized carbons (Fsp3) is 0.300. The SMILES string of the molecule is CCOc1ccc(C(=O)NCCc2ccccc2S(=O)(=O)C=O)cc1OCC. The van der Waals surface area contributed by atoms with Crippen LogP contribution in [0.15, 0.2) is 47.4 Å². The second kappa shape index (κ2) is 9.89. The summed E-state index contributed by atoms with van der Waals surface area (Å²) in [5.74, 6) is 0.730. The topological polar surface area (TPSA) is 98.8 Å². The number of amides is 1. The Balaban J connectivity index is 2.08. The van der Waals surface area contributed by atoms with Gasteiger partial charge in [-0.2, -0.15) is 0 Å². The first-order valence-corrected chi connectivity index (χ1v) is 10.4. The zero-order valence-electron chi connectivity index (χ0n) is 15.8. The summed E-state index contributed by atoms with van der Waals surface area (Å²) < 4.78 is 34.7. The molecule has 0 aliphatic rings. The Morgan fingerprint density at radius 3 is 2.39 bits per heavy atom. The van der Waals surface area contributed by atoms with E-state index in [1.165, 1.54) is 6.07 Å². The second-order valence-electron chi connectivity index (χ2n) is 5.78. The van der Waals surface area contributed by atoms with Gasteiger partial charge in [0.25, 0.3) is 5.91 Å². The molecule has 7 nitrogen and oxygen atoms in total. The molecule has 2 aromatic rings. The van der Waals surface area contributed by atoms with Gasteiger partial charge in [-0.15, -0.1) is 0 Å². The molecular formula is C20H23NO6S. The van der Waals surface area contributed by atoms with Crippen LogP contribution in [-0.2, 0) is 21.1 Å². The van der Waals surface area contributed by atoms with Crippen LogP contribution in [0.3, 0.4) is 0 Å². The van der Waals surface area contributed by atoms with E-state index in [0.717, 1.165) is 0 Å². The van der Waals surface area contributed by atoms with Gasteiger partial charge in [0.1, 0.15) is 0 Å². The van der Waals surface area contributed by atoms with Crippen LogP contribution in [0.1, 0.15) is 29.8 Å². The van der Waals surface area contributed by atoms with Crippen LogP contribution in [0.5, 0.6) is 11.5 Å². The van der Waals surface area contributed by atoms with Gasteiger partial charge in [0.2, 0.25) is 15.5 Å². The Labute approximate surface area is 164 Å². The lowest BCUT2D eigenvalue weighted by molar-refractivity contribution is 0.0953. The average molecular weight is 405 g/mol. The molecule has 0 aliphatic carbocycles. The van der Waals surface area contributed by atoms with Crippen molar-refractivity contribution in [2.45, 2.75) is 25.2 Å². The number of nitrogens with one attached hydrogen (secondary N) is 1. The molecule has 8 heteroatoms. The maximum Gasteiger partial charge on any atom is 0.251 e. The highest BCUT2D eigenvalue weighted by Gasteiger charge is 2.17. The predicted octanol–water partition coefficient (Wildman–Crippen LogP) is 2.42. The highest BCUT2D eigenvalue weighted by atomic mass is 32.2. The van der Waals surface area contributed by atoms with Crippen LogP contribution in [0.2, 0.25) is 0 Å². The minimum Gasteiger partial charge on any atom is -0.490 e. The van der Waals surface area contributed by atoms with Crippen molar-refractivity contribution >= 4 is 21.4 Å². The molecule has 0 heterocycles. The number of rotatable bonds is 10. The van der Waals surface area contributed by atoms with Gasteiger partial charge in [0.15, 0.2) is 11.5 Å². The monoisotopic (exact) mass is 405 g/mol. The Morgan fingerprint density at radius 2 is 1.71 bits per heavy atom. The maximum atomic E-state index is 12.4. The lowest BCUT2D eigenvalue weighted by Crippen LogP contribution is -2.26. The van der Waals surface area contributed by atoms with Crippen molar-refractivity contribution < 1.29 is 27.5 Å². The first kappa shape index (κ1) is 21.4. The summed E-state index contributed by atoms with van der Waals surface area (Å²) in [6.45, 7) is 4.83. The molecule has 0 radical (unpaired) electrons. The first-order valence-electron chi connectivity index (χ1n) is 8.89. The standard InChI is InChI=1S/C20H23NO6S/c1-3-26-17-10-9-16(13-18(17)27-4-2)20(23)21-12-11-15-7-5-6-8-19(15)28(24,25)14-22/h5-10,13-14H,3-4,11-12H2,1-2H3,(H,21,23). The summed E-state index contributed by atoms with van der Waals surface area (Å²) in [5, 5.41) is 2.75. The Morgan fingerprint density at radius 1 is 1.04 bits per heavy atom. The smallest absolute Gasteiger partial charge is 0.251 e. The molecule has 0 spiro atoms. The summed E-state index contributed by atoms with van der Waals surface area (Å²) >= 11 is 0. The molecule has 0 saturated carbocycles. The second-order valence-corrected chi connectivity index (χ2v) is 7.50. The molecule has 2 rings (SSSR count). The average Bonchev–Trinajstić information content (AvgIpc) is 2.70. The number of benzene rings is 2. The summed E-state index contributed by atoms with van der Waals surface area (Å²) in [6, 6.07) is 11.1. The highest BCUT2D eigenvalue weighted by Crippen LogP contribution is 2.28. The Bertz CT molecular complexity index is 939. The van der Waals surface area contributed by atoms with Gasteiger partial charge in [0, 0.05) is 12.1 Å². The third-order valence-corrected chi connectivity index (χ3v) is 5.16. The fourth-order valence-corrected chi connectivity index (χ4v) is 3.55. The third-order valence-electron chi connectivity index (χ3n) is 3.89. The number of hydrogen-bond donors (Lipinski definition) is 1. The zero-order valence-corrected chi connectivity index (χ0v) is 16.6. The third kappa shape index (κ3) is 5.32. The largest absolute Gasteiger partial charge is 0.490 e. The van der Waals surface area contributed by atoms with Crippen LogP contribution in [-0.4, -0.2) is 39.7 Å². The van der Waals surface area contributed by atoms with E-state index in [4.69, 9.17) is 9.47 Å². The van der Waals surface area contributed by atoms with Gasteiger partial charge in [0.05, 0.1) is 18.1 Å². The van der Waals surface area contributed by atoms with Crippen molar-refractivity contribution in [3.8, 4) is 11.5 Å². The molecule has 1 N–H and O–H groups in total. The van der Waals surface area contributed by atoms with E-state index in [1.807, 2.05) is 13.8 Å². The van der Waals surface area contributed by atoms with Crippen molar-refractivity contribution in [1.29, 1.82) is 0 Å². The van der Waals surface area contributed by atoms with Gasteiger partial charge >= 0.3 is 0 Å². The van der Waals surface area contributed by atoms with Crippen molar-refractivity contribution in [2.75, 3.05) is 19.8 Å². The van der Waals surface area contributed by atoms with Crippen molar-refractivity contribution in [1.82, 2.24) is 5.32 Å². The van der Waals surface area contributed by atoms with Crippen molar-refractivity contribution in [3.63, 3.8) is 0 Å². The normalized spacial score (nSPS) is 10.9. The zero-order chi connectivity index (χ0) is 20.6. The molecule has 28 heavy (non-hydrogen) atoms. The van der Waals surface area contributed by atoms with Gasteiger partial charge in [-0.25, -0.2) is 8.42 Å². The molecule has 0 aliphatic heterocycles. The van der Waals surface area contributed by atoms with E-state index >= 15 is 0 Å². The minimum atomic E-state index is -3.98. The highest BCUT2D eigenvalue weighted by molar-refractivity contribution is 8.04. The molecule has 0 unspecified atom stereocenters. The van der Waals surface area contributed by atoms with Crippen LogP contribution < -0.4 is 14.8 Å². The van der Waals surface area contributed by atoms with Crippen LogP contribution in [0.25, 0.3) is 0 Å². The van der Waals surface area contributed by atoms with E-state index in [1.54, 1.807) is 36.4 Å². The van der Waals surface area contributed by atoms with Crippen molar-refractivity contribution in [2.24, 2.45) is 0 Å². The number of hydrogen-bond acceptors (Lipinski definition) is 6. The quantitative estimate of drug-likeness (QED) is 0.610. The van der Waals surface area contributed by atoms with Gasteiger partial charge in [-0.3, -0.25) is 9.59 Å². The number of sulfone groups is 1. The van der Waals surface area contributed by atoms with Crippen LogP contribution in [0.4, 0.5) is 0 Å². The summed E-state index contributed by atoms with van der Waals surface area (Å²) in [7, 11) is -3.98. The number of ether oxygens (including phenoxy) is 2. The van der Waals surface area contributed by atoms with Crippen LogP contribution in [0, 0.1) is 0 Å². The molecule has 150 valence electrons. The minimum absolute atomic E-state index is 0.0426. The molecule has 0 saturated heterocycles. The van der Waals surface area contributed by atoms with Crippen LogP contribution >= 0.6 is 0 Å². The summed E-state index contributed by atoms with van der Waals surface area (Å²) in [5.41, 5.74) is 0.803. The van der Waals surface area contributed by atoms with E-state index in [-0.39, 0.29) is 29.4 Å². The van der Waals surface area contributed by atoms with E-state index < -0.39 is 9.84 Å². The molecular weight excluding hydrogens is 382 g/mol. The van der Waals surface area contributed by atoms with Gasteiger partial charge in [-0.1, -0.05) is 18.2 Å². The predicted molar refractivity (Wildman–Crippen MR) is 105 cm³/mol. The van der Waals surface area contributed by atoms with E-state index in [0.29, 0.717) is 35.8 Å². The molecule has 1 amide bonds. The lowest BCUT2D eigenvalue weighted by Gasteiger charge is -2.13. The first-order chi connectivity index (χ1) is 13.4. The molecule has 2 aromatic carbocycles. The summed E-state index contributed by atoms with van der Waals surface area (Å²) in [4.78, 5) is 23.2. The molecule has 0 atom stereocenters. The van der Waals surface area contributed by atoms with Gasteiger partial charge < -0.3 is 14.8 Å².